The molecule has 0 unspecified atom stereocenters. The molecule has 0 saturated carbocycles. The molecule has 0 fully saturated rings. The van der Waals surface area contributed by atoms with E-state index in [1.54, 1.807) is 13.1 Å². The molecule has 2 N–H and O–H groups in total. The first kappa shape index (κ1) is 15.9. The summed E-state index contributed by atoms with van der Waals surface area (Å²) in [5.41, 5.74) is 0.412. The number of rotatable bonds is 6. The van der Waals surface area contributed by atoms with Gasteiger partial charge in [-0.15, -0.1) is 0 Å². The molecule has 0 aliphatic heterocycles. The molecular weight excluding hydrogens is 258 g/mol. The van der Waals surface area contributed by atoms with Crippen molar-refractivity contribution in [3.8, 4) is 0 Å². The molecule has 1 aromatic rings. The Morgan fingerprint density at radius 1 is 1.40 bits per heavy atom. The third-order valence-corrected chi connectivity index (χ3v) is 3.05. The maximum absolute atomic E-state index is 12.3. The number of nitro benzene ring substituents is 1. The predicted molar refractivity (Wildman–Crippen MR) is 79.1 cm³/mol. The van der Waals surface area contributed by atoms with Crippen molar-refractivity contribution in [2.75, 3.05) is 12.4 Å². The summed E-state index contributed by atoms with van der Waals surface area (Å²) < 4.78 is 0. The van der Waals surface area contributed by atoms with Crippen molar-refractivity contribution in [3.05, 3.63) is 33.9 Å². The lowest BCUT2D eigenvalue weighted by Crippen LogP contribution is -2.43. The van der Waals surface area contributed by atoms with Crippen LogP contribution in [0.5, 0.6) is 0 Å². The fraction of sp³-hybridized carbons (Fsp3) is 0.500. The fourth-order valence-electron chi connectivity index (χ4n) is 2.11. The second-order valence-corrected chi connectivity index (χ2v) is 5.33. The second-order valence-electron chi connectivity index (χ2n) is 5.33. The van der Waals surface area contributed by atoms with Crippen molar-refractivity contribution < 1.29 is 9.72 Å². The third-order valence-electron chi connectivity index (χ3n) is 3.05. The Morgan fingerprint density at radius 2 is 2.05 bits per heavy atom. The first-order chi connectivity index (χ1) is 9.30. The summed E-state index contributed by atoms with van der Waals surface area (Å²) in [5.74, 6) is -0.309. The Labute approximate surface area is 118 Å². The molecule has 0 bridgehead atoms. The highest BCUT2D eigenvalue weighted by Crippen LogP contribution is 2.23. The van der Waals surface area contributed by atoms with Gasteiger partial charge in [-0.3, -0.25) is 14.9 Å². The normalized spacial score (nSPS) is 11.0. The van der Waals surface area contributed by atoms with Crippen LogP contribution in [0, 0.1) is 10.1 Å². The van der Waals surface area contributed by atoms with E-state index in [1.165, 1.54) is 12.1 Å². The Morgan fingerprint density at radius 3 is 2.55 bits per heavy atom. The number of anilines is 1. The summed E-state index contributed by atoms with van der Waals surface area (Å²) in [5, 5.41) is 16.6. The van der Waals surface area contributed by atoms with Gasteiger partial charge in [0.2, 0.25) is 0 Å². The van der Waals surface area contributed by atoms with E-state index in [-0.39, 0.29) is 22.7 Å². The summed E-state index contributed by atoms with van der Waals surface area (Å²) in [7, 11) is 1.68. The van der Waals surface area contributed by atoms with Crippen LogP contribution in [0.15, 0.2) is 18.2 Å². The molecule has 6 nitrogen and oxygen atoms in total. The largest absolute Gasteiger partial charge is 0.387 e. The number of hydrogen-bond acceptors (Lipinski definition) is 4. The van der Waals surface area contributed by atoms with Crippen molar-refractivity contribution in [2.24, 2.45) is 0 Å². The lowest BCUT2D eigenvalue weighted by atomic mass is 9.98. The SMILES string of the molecule is CCCC(C)(C)NC(=O)c1cc([N+](=O)[O-])ccc1NC. The van der Waals surface area contributed by atoms with E-state index in [2.05, 4.69) is 10.6 Å². The quantitative estimate of drug-likeness (QED) is 0.619. The topological polar surface area (TPSA) is 84.3 Å². The van der Waals surface area contributed by atoms with Gasteiger partial charge in [-0.1, -0.05) is 13.3 Å². The minimum absolute atomic E-state index is 0.0950. The van der Waals surface area contributed by atoms with Crippen LogP contribution in [0.2, 0.25) is 0 Å². The number of amides is 1. The maximum atomic E-state index is 12.3. The predicted octanol–water partition coefficient (Wildman–Crippen LogP) is 2.95. The number of nitrogens with zero attached hydrogens (tertiary/aromatic N) is 1. The number of hydrogen-bond donors (Lipinski definition) is 2. The molecule has 0 aliphatic carbocycles. The summed E-state index contributed by atoms with van der Waals surface area (Å²) >= 11 is 0. The van der Waals surface area contributed by atoms with Gasteiger partial charge in [0.05, 0.1) is 10.5 Å². The molecule has 1 amide bonds. The highest BCUT2D eigenvalue weighted by atomic mass is 16.6. The van der Waals surface area contributed by atoms with Gasteiger partial charge < -0.3 is 10.6 Å². The van der Waals surface area contributed by atoms with Gasteiger partial charge in [-0.2, -0.15) is 0 Å². The molecule has 0 aliphatic rings. The number of carbonyl (C=O) groups excluding carboxylic acids is 1. The lowest BCUT2D eigenvalue weighted by molar-refractivity contribution is -0.384. The average molecular weight is 279 g/mol. The summed E-state index contributed by atoms with van der Waals surface area (Å²) in [6.07, 6.45) is 1.78. The molecule has 0 atom stereocenters. The van der Waals surface area contributed by atoms with Gasteiger partial charge in [0.15, 0.2) is 0 Å². The van der Waals surface area contributed by atoms with E-state index < -0.39 is 4.92 Å². The zero-order valence-corrected chi connectivity index (χ0v) is 12.3. The van der Waals surface area contributed by atoms with Gasteiger partial charge in [0, 0.05) is 30.4 Å². The number of nitro groups is 1. The Kier molecular flexibility index (Phi) is 5.07. The minimum Gasteiger partial charge on any atom is -0.387 e. The summed E-state index contributed by atoms with van der Waals surface area (Å²) in [6, 6.07) is 4.21. The molecule has 0 saturated heterocycles. The zero-order valence-electron chi connectivity index (χ0n) is 12.3. The highest BCUT2D eigenvalue weighted by Gasteiger charge is 2.23. The van der Waals surface area contributed by atoms with Crippen LogP contribution in [0.4, 0.5) is 11.4 Å². The first-order valence-electron chi connectivity index (χ1n) is 6.59. The lowest BCUT2D eigenvalue weighted by Gasteiger charge is -2.26. The van der Waals surface area contributed by atoms with Gasteiger partial charge in [0.1, 0.15) is 0 Å². The second kappa shape index (κ2) is 6.36. The van der Waals surface area contributed by atoms with Gasteiger partial charge in [0.25, 0.3) is 11.6 Å². The first-order valence-corrected chi connectivity index (χ1v) is 6.59. The molecule has 1 aromatic carbocycles. The van der Waals surface area contributed by atoms with Crippen LogP contribution in [-0.2, 0) is 0 Å². The van der Waals surface area contributed by atoms with Crippen molar-refractivity contribution >= 4 is 17.3 Å². The summed E-state index contributed by atoms with van der Waals surface area (Å²) in [4.78, 5) is 22.6. The molecule has 1 rings (SSSR count). The van der Waals surface area contributed by atoms with Crippen molar-refractivity contribution in [2.45, 2.75) is 39.2 Å². The van der Waals surface area contributed by atoms with Crippen LogP contribution in [0.3, 0.4) is 0 Å². The van der Waals surface area contributed by atoms with E-state index in [4.69, 9.17) is 0 Å². The van der Waals surface area contributed by atoms with Gasteiger partial charge in [-0.25, -0.2) is 0 Å². The minimum atomic E-state index is -0.507. The summed E-state index contributed by atoms with van der Waals surface area (Å²) in [6.45, 7) is 5.91. The molecule has 0 spiro atoms. The van der Waals surface area contributed by atoms with Crippen LogP contribution in [0.1, 0.15) is 44.0 Å². The molecule has 110 valence electrons. The molecule has 0 aromatic heterocycles. The number of nitrogens with one attached hydrogen (secondary N) is 2. The number of carbonyl (C=O) groups is 1. The Balaban J connectivity index is 3.07. The average Bonchev–Trinajstić information content (AvgIpc) is 2.37. The monoisotopic (exact) mass is 279 g/mol. The molecule has 20 heavy (non-hydrogen) atoms. The third kappa shape index (κ3) is 3.94. The maximum Gasteiger partial charge on any atom is 0.270 e. The highest BCUT2D eigenvalue weighted by molar-refractivity contribution is 6.00. The molecular formula is C14H21N3O3. The number of non-ortho nitro benzene ring substituents is 1. The van der Waals surface area contributed by atoms with E-state index in [0.717, 1.165) is 12.8 Å². The van der Waals surface area contributed by atoms with E-state index >= 15 is 0 Å². The standard InChI is InChI=1S/C14H21N3O3/c1-5-8-14(2,3)16-13(18)11-9-10(17(19)20)6-7-12(11)15-4/h6-7,9,15H,5,8H2,1-4H3,(H,16,18). The van der Waals surface area contributed by atoms with E-state index in [1.807, 2.05) is 20.8 Å². The van der Waals surface area contributed by atoms with Crippen LogP contribution < -0.4 is 10.6 Å². The van der Waals surface area contributed by atoms with Crippen molar-refractivity contribution in [1.29, 1.82) is 0 Å². The van der Waals surface area contributed by atoms with Crippen LogP contribution >= 0.6 is 0 Å². The van der Waals surface area contributed by atoms with Gasteiger partial charge in [-0.05, 0) is 26.3 Å². The van der Waals surface area contributed by atoms with Crippen LogP contribution in [-0.4, -0.2) is 23.4 Å². The zero-order chi connectivity index (χ0) is 15.3. The van der Waals surface area contributed by atoms with Crippen molar-refractivity contribution in [1.82, 2.24) is 5.32 Å². The van der Waals surface area contributed by atoms with E-state index in [9.17, 15) is 14.9 Å². The molecule has 0 radical (unpaired) electrons. The van der Waals surface area contributed by atoms with E-state index in [0.29, 0.717) is 5.69 Å². The van der Waals surface area contributed by atoms with Crippen molar-refractivity contribution in [3.63, 3.8) is 0 Å². The van der Waals surface area contributed by atoms with Crippen LogP contribution in [0.25, 0.3) is 0 Å². The Hall–Kier alpha value is -2.11. The van der Waals surface area contributed by atoms with Gasteiger partial charge >= 0.3 is 0 Å². The molecule has 6 heteroatoms. The smallest absolute Gasteiger partial charge is 0.270 e. The number of benzene rings is 1. The Bertz CT molecular complexity index is 512. The molecule has 0 heterocycles. The fourth-order valence-corrected chi connectivity index (χ4v) is 2.11.